The Balaban J connectivity index is 2.91. The highest BCUT2D eigenvalue weighted by Gasteiger charge is 2.28. The van der Waals surface area contributed by atoms with E-state index in [0.29, 0.717) is 12.8 Å². The molecule has 0 spiro atoms. The molecule has 8 nitrogen and oxygen atoms in total. The molecule has 0 aromatic carbocycles. The number of nitrogens with one attached hydrogen (secondary N) is 2. The summed E-state index contributed by atoms with van der Waals surface area (Å²) in [6.45, 7) is 9.59. The molecule has 0 fully saturated rings. The van der Waals surface area contributed by atoms with Gasteiger partial charge in [-0.1, -0.05) is 27.7 Å². The first-order valence-corrected chi connectivity index (χ1v) is 9.24. The van der Waals surface area contributed by atoms with Crippen LogP contribution in [-0.4, -0.2) is 44.5 Å². The number of carbonyl (C=O) groups is 3. The average Bonchev–Trinajstić information content (AvgIpc) is 2.88. The van der Waals surface area contributed by atoms with Gasteiger partial charge in [0, 0.05) is 31.8 Å². The van der Waals surface area contributed by atoms with Crippen LogP contribution in [0.5, 0.6) is 0 Å². The third-order valence-electron chi connectivity index (χ3n) is 4.50. The maximum absolute atomic E-state index is 12.7. The Kier molecular flexibility index (Phi) is 7.99. The number of carbonyl (C=O) groups excluding carboxylic acids is 2. The van der Waals surface area contributed by atoms with Crippen molar-refractivity contribution < 1.29 is 19.5 Å². The molecule has 0 bridgehead atoms. The van der Waals surface area contributed by atoms with Gasteiger partial charge in [-0.15, -0.1) is 0 Å². The lowest BCUT2D eigenvalue weighted by Crippen LogP contribution is -2.52. The quantitative estimate of drug-likeness (QED) is 0.602. The molecule has 0 radical (unpaired) electrons. The van der Waals surface area contributed by atoms with E-state index in [-0.39, 0.29) is 24.2 Å². The maximum atomic E-state index is 12.7. The number of hydrogen-bond acceptors (Lipinski definition) is 4. The SMILES string of the molecule is CCC(=O)N[C@@H](Cc1cnc(C)n1C)C(=O)N[C@@H](CCC(C)(C)C)C(=O)O. The number of carboxylic acid groups (broad SMARTS) is 1. The van der Waals surface area contributed by atoms with E-state index in [0.717, 1.165) is 11.5 Å². The number of aryl methyl sites for hydroxylation is 1. The first-order chi connectivity index (χ1) is 12.4. The topological polar surface area (TPSA) is 113 Å². The van der Waals surface area contributed by atoms with Crippen LogP contribution in [-0.2, 0) is 27.9 Å². The van der Waals surface area contributed by atoms with Crippen molar-refractivity contribution in [3.63, 3.8) is 0 Å². The highest BCUT2D eigenvalue weighted by Crippen LogP contribution is 2.21. The van der Waals surface area contributed by atoms with Gasteiger partial charge >= 0.3 is 5.97 Å². The Bertz CT molecular complexity index is 676. The van der Waals surface area contributed by atoms with Crippen LogP contribution in [0, 0.1) is 12.3 Å². The number of carboxylic acids is 1. The average molecular weight is 380 g/mol. The van der Waals surface area contributed by atoms with Gasteiger partial charge in [-0.05, 0) is 25.2 Å². The number of imidazole rings is 1. The molecule has 1 aromatic heterocycles. The van der Waals surface area contributed by atoms with E-state index in [1.54, 1.807) is 13.1 Å². The molecule has 2 atom stereocenters. The predicted octanol–water partition coefficient (Wildman–Crippen LogP) is 1.56. The number of amides is 2. The number of hydrogen-bond donors (Lipinski definition) is 3. The second kappa shape index (κ2) is 9.53. The first-order valence-electron chi connectivity index (χ1n) is 9.24. The highest BCUT2D eigenvalue weighted by molar-refractivity contribution is 5.90. The molecule has 1 heterocycles. The van der Waals surface area contributed by atoms with Crippen molar-refractivity contribution in [3.05, 3.63) is 17.7 Å². The van der Waals surface area contributed by atoms with Gasteiger partial charge in [0.1, 0.15) is 17.9 Å². The Hall–Kier alpha value is -2.38. The van der Waals surface area contributed by atoms with Crippen molar-refractivity contribution >= 4 is 17.8 Å². The minimum atomic E-state index is -1.08. The Morgan fingerprint density at radius 3 is 2.30 bits per heavy atom. The van der Waals surface area contributed by atoms with Crippen LogP contribution in [0.4, 0.5) is 0 Å². The number of aromatic nitrogens is 2. The van der Waals surface area contributed by atoms with Gasteiger partial charge in [-0.3, -0.25) is 9.59 Å². The van der Waals surface area contributed by atoms with E-state index >= 15 is 0 Å². The van der Waals surface area contributed by atoms with E-state index in [4.69, 9.17) is 0 Å². The summed E-state index contributed by atoms with van der Waals surface area (Å²) in [5.74, 6) is -1.06. The standard InChI is InChI=1S/C19H32N4O4/c1-7-16(24)21-15(10-13-11-20-12(2)23(13)6)17(25)22-14(18(26)27)8-9-19(3,4)5/h11,14-15H,7-10H2,1-6H3,(H,21,24)(H,22,25)(H,26,27)/t14-,15-/m0/s1. The largest absolute Gasteiger partial charge is 0.480 e. The van der Waals surface area contributed by atoms with Gasteiger partial charge in [-0.2, -0.15) is 0 Å². The second-order valence-electron chi connectivity index (χ2n) is 8.03. The van der Waals surface area contributed by atoms with Crippen molar-refractivity contribution in [2.45, 2.75) is 72.4 Å². The van der Waals surface area contributed by atoms with Gasteiger partial charge in [0.05, 0.1) is 0 Å². The molecule has 0 aliphatic rings. The van der Waals surface area contributed by atoms with E-state index < -0.39 is 24.0 Å². The zero-order chi connectivity index (χ0) is 20.8. The summed E-state index contributed by atoms with van der Waals surface area (Å²) in [7, 11) is 1.83. The smallest absolute Gasteiger partial charge is 0.326 e. The zero-order valence-corrected chi connectivity index (χ0v) is 17.1. The number of aliphatic carboxylic acids is 1. The third-order valence-corrected chi connectivity index (χ3v) is 4.50. The molecule has 0 aliphatic carbocycles. The molecule has 8 heteroatoms. The summed E-state index contributed by atoms with van der Waals surface area (Å²) >= 11 is 0. The minimum Gasteiger partial charge on any atom is -0.480 e. The van der Waals surface area contributed by atoms with Crippen molar-refractivity contribution in [3.8, 4) is 0 Å². The van der Waals surface area contributed by atoms with E-state index in [1.165, 1.54) is 0 Å². The molecular formula is C19H32N4O4. The van der Waals surface area contributed by atoms with Crippen LogP contribution >= 0.6 is 0 Å². The summed E-state index contributed by atoms with van der Waals surface area (Å²) in [4.78, 5) is 40.3. The highest BCUT2D eigenvalue weighted by atomic mass is 16.4. The lowest BCUT2D eigenvalue weighted by Gasteiger charge is -2.24. The van der Waals surface area contributed by atoms with Crippen LogP contribution in [0.1, 0.15) is 58.5 Å². The molecule has 0 aliphatic heterocycles. The van der Waals surface area contributed by atoms with Gasteiger partial charge in [0.2, 0.25) is 11.8 Å². The van der Waals surface area contributed by atoms with Crippen molar-refractivity contribution in [2.75, 3.05) is 0 Å². The molecule has 2 amide bonds. The molecule has 0 saturated carbocycles. The molecule has 1 rings (SSSR count). The first kappa shape index (κ1) is 22.7. The number of rotatable bonds is 9. The molecule has 0 saturated heterocycles. The van der Waals surface area contributed by atoms with Crippen molar-refractivity contribution in [1.29, 1.82) is 0 Å². The van der Waals surface area contributed by atoms with E-state index in [2.05, 4.69) is 15.6 Å². The fourth-order valence-corrected chi connectivity index (χ4v) is 2.56. The van der Waals surface area contributed by atoms with Crippen LogP contribution in [0.15, 0.2) is 6.20 Å². The molecular weight excluding hydrogens is 348 g/mol. The Labute approximate surface area is 160 Å². The van der Waals surface area contributed by atoms with Gasteiger partial charge in [0.25, 0.3) is 0 Å². The fourth-order valence-electron chi connectivity index (χ4n) is 2.56. The lowest BCUT2D eigenvalue weighted by molar-refractivity contribution is -0.142. The summed E-state index contributed by atoms with van der Waals surface area (Å²) in [6, 6.07) is -1.85. The molecule has 3 N–H and O–H groups in total. The normalized spacial score (nSPS) is 13.7. The van der Waals surface area contributed by atoms with Crippen molar-refractivity contribution in [2.24, 2.45) is 12.5 Å². The molecule has 1 aromatic rings. The molecule has 0 unspecified atom stereocenters. The predicted molar refractivity (Wildman–Crippen MR) is 102 cm³/mol. The van der Waals surface area contributed by atoms with Gasteiger partial charge < -0.3 is 20.3 Å². The summed E-state index contributed by atoms with van der Waals surface area (Å²) in [5, 5.41) is 14.7. The molecule has 152 valence electrons. The summed E-state index contributed by atoms with van der Waals surface area (Å²) < 4.78 is 1.84. The van der Waals surface area contributed by atoms with Crippen LogP contribution in [0.3, 0.4) is 0 Å². The van der Waals surface area contributed by atoms with Crippen LogP contribution in [0.25, 0.3) is 0 Å². The van der Waals surface area contributed by atoms with Crippen LogP contribution < -0.4 is 10.6 Å². The minimum absolute atomic E-state index is 0.0412. The molecule has 27 heavy (non-hydrogen) atoms. The third kappa shape index (κ3) is 7.40. The maximum Gasteiger partial charge on any atom is 0.326 e. The van der Waals surface area contributed by atoms with Crippen molar-refractivity contribution in [1.82, 2.24) is 20.2 Å². The fraction of sp³-hybridized carbons (Fsp3) is 0.684. The van der Waals surface area contributed by atoms with E-state index in [9.17, 15) is 19.5 Å². The Morgan fingerprint density at radius 2 is 1.85 bits per heavy atom. The Morgan fingerprint density at radius 1 is 1.22 bits per heavy atom. The summed E-state index contributed by atoms with van der Waals surface area (Å²) in [6.07, 6.45) is 3.10. The number of nitrogens with zero attached hydrogens (tertiary/aromatic N) is 2. The van der Waals surface area contributed by atoms with E-state index in [1.807, 2.05) is 39.3 Å². The van der Waals surface area contributed by atoms with Gasteiger partial charge in [-0.25, -0.2) is 9.78 Å². The lowest BCUT2D eigenvalue weighted by atomic mass is 9.88. The monoisotopic (exact) mass is 380 g/mol. The second-order valence-corrected chi connectivity index (χ2v) is 8.03. The van der Waals surface area contributed by atoms with Crippen LogP contribution in [0.2, 0.25) is 0 Å². The summed E-state index contributed by atoms with van der Waals surface area (Å²) in [5.41, 5.74) is 0.742. The zero-order valence-electron chi connectivity index (χ0n) is 17.1. The van der Waals surface area contributed by atoms with Gasteiger partial charge in [0.15, 0.2) is 0 Å².